The normalized spacial score (nSPS) is 20.9. The predicted molar refractivity (Wildman–Crippen MR) is 103 cm³/mol. The van der Waals surface area contributed by atoms with E-state index >= 15 is 0 Å². The van der Waals surface area contributed by atoms with Gasteiger partial charge in [-0.2, -0.15) is 0 Å². The summed E-state index contributed by atoms with van der Waals surface area (Å²) in [6.45, 7) is 9.20. The average Bonchev–Trinajstić information content (AvgIpc) is 3.03. The van der Waals surface area contributed by atoms with Crippen molar-refractivity contribution >= 4 is 0 Å². The Hall–Kier alpha value is -1.71. The molecule has 1 aliphatic rings. The molecule has 0 N–H and O–H groups in total. The van der Waals surface area contributed by atoms with Crippen LogP contribution in [0.3, 0.4) is 0 Å². The zero-order chi connectivity index (χ0) is 17.5. The highest BCUT2D eigenvalue weighted by molar-refractivity contribution is 5.22. The molecule has 1 unspecified atom stereocenters. The van der Waals surface area contributed by atoms with Gasteiger partial charge in [-0.3, -0.25) is 9.88 Å². The molecule has 0 bridgehead atoms. The van der Waals surface area contributed by atoms with E-state index in [2.05, 4.69) is 54.1 Å². The van der Waals surface area contributed by atoms with Crippen LogP contribution in [0, 0.1) is 12.3 Å². The number of nitrogens with zero attached hydrogens (tertiary/aromatic N) is 2. The van der Waals surface area contributed by atoms with E-state index in [0.717, 1.165) is 39.3 Å². The molecule has 0 spiro atoms. The standard InChI is InChI=1S/C22H30N2O/c1-3-25-18-22(10-9-20-7-4-6-19(2)14-20)11-13-24(17-22)16-21-8-5-12-23-15-21/h4-8,12,14-15H,3,9-11,13,16-18H2,1-2H3. The van der Waals surface area contributed by atoms with Gasteiger partial charge in [0.25, 0.3) is 0 Å². The van der Waals surface area contributed by atoms with Gasteiger partial charge in [-0.15, -0.1) is 0 Å². The van der Waals surface area contributed by atoms with Crippen LogP contribution in [0.2, 0.25) is 0 Å². The number of pyridine rings is 1. The fraction of sp³-hybridized carbons (Fsp3) is 0.500. The van der Waals surface area contributed by atoms with Gasteiger partial charge in [0, 0.05) is 37.5 Å². The smallest absolute Gasteiger partial charge is 0.0535 e. The Kier molecular flexibility index (Phi) is 6.22. The van der Waals surface area contributed by atoms with Crippen molar-refractivity contribution in [2.45, 2.75) is 39.7 Å². The first-order valence-electron chi connectivity index (χ1n) is 9.44. The number of likely N-dealkylation sites (tertiary alicyclic amines) is 1. The van der Waals surface area contributed by atoms with E-state index in [1.807, 2.05) is 18.5 Å². The van der Waals surface area contributed by atoms with Gasteiger partial charge in [-0.05, 0) is 56.8 Å². The van der Waals surface area contributed by atoms with Crippen LogP contribution in [0.5, 0.6) is 0 Å². The van der Waals surface area contributed by atoms with Gasteiger partial charge < -0.3 is 4.74 Å². The largest absolute Gasteiger partial charge is 0.381 e. The van der Waals surface area contributed by atoms with Gasteiger partial charge in [0.2, 0.25) is 0 Å². The maximum absolute atomic E-state index is 5.89. The third kappa shape index (κ3) is 5.13. The zero-order valence-electron chi connectivity index (χ0n) is 15.6. The molecule has 3 heteroatoms. The lowest BCUT2D eigenvalue weighted by Gasteiger charge is -2.29. The summed E-state index contributed by atoms with van der Waals surface area (Å²) in [5, 5.41) is 0. The highest BCUT2D eigenvalue weighted by atomic mass is 16.5. The van der Waals surface area contributed by atoms with Crippen LogP contribution in [-0.4, -0.2) is 36.2 Å². The minimum absolute atomic E-state index is 0.280. The van der Waals surface area contributed by atoms with Crippen LogP contribution >= 0.6 is 0 Å². The summed E-state index contributed by atoms with van der Waals surface area (Å²) in [7, 11) is 0. The summed E-state index contributed by atoms with van der Waals surface area (Å²) in [4.78, 5) is 6.81. The summed E-state index contributed by atoms with van der Waals surface area (Å²) < 4.78 is 5.89. The molecule has 0 amide bonds. The van der Waals surface area contributed by atoms with Crippen molar-refractivity contribution in [1.29, 1.82) is 0 Å². The van der Waals surface area contributed by atoms with E-state index in [0.29, 0.717) is 0 Å². The second-order valence-electron chi connectivity index (χ2n) is 7.45. The molecule has 134 valence electrons. The highest BCUT2D eigenvalue weighted by Gasteiger charge is 2.37. The van der Waals surface area contributed by atoms with Crippen LogP contribution in [0.25, 0.3) is 0 Å². The van der Waals surface area contributed by atoms with Gasteiger partial charge in [-0.1, -0.05) is 35.9 Å². The first-order valence-corrected chi connectivity index (χ1v) is 9.44. The quantitative estimate of drug-likeness (QED) is 0.719. The van der Waals surface area contributed by atoms with Crippen molar-refractivity contribution in [3.8, 4) is 0 Å². The van der Waals surface area contributed by atoms with Crippen molar-refractivity contribution < 1.29 is 4.74 Å². The molecule has 1 aliphatic heterocycles. The van der Waals surface area contributed by atoms with E-state index in [-0.39, 0.29) is 5.41 Å². The van der Waals surface area contributed by atoms with Crippen LogP contribution < -0.4 is 0 Å². The third-order valence-corrected chi connectivity index (χ3v) is 5.29. The Morgan fingerprint density at radius 2 is 2.08 bits per heavy atom. The monoisotopic (exact) mass is 338 g/mol. The second kappa shape index (κ2) is 8.59. The number of ether oxygens (including phenoxy) is 1. The van der Waals surface area contributed by atoms with Crippen molar-refractivity contribution in [3.05, 3.63) is 65.5 Å². The van der Waals surface area contributed by atoms with Crippen LogP contribution in [-0.2, 0) is 17.7 Å². The molecule has 2 heterocycles. The lowest BCUT2D eigenvalue weighted by molar-refractivity contribution is 0.0489. The molecule has 1 aromatic carbocycles. The molecule has 2 aromatic rings. The van der Waals surface area contributed by atoms with E-state index in [1.165, 1.54) is 29.5 Å². The van der Waals surface area contributed by atoms with Crippen LogP contribution in [0.15, 0.2) is 48.8 Å². The number of hydrogen-bond acceptors (Lipinski definition) is 3. The molecule has 1 saturated heterocycles. The minimum Gasteiger partial charge on any atom is -0.381 e. The Morgan fingerprint density at radius 3 is 2.84 bits per heavy atom. The minimum atomic E-state index is 0.280. The first kappa shape index (κ1) is 18.1. The summed E-state index contributed by atoms with van der Waals surface area (Å²) in [5.41, 5.74) is 4.37. The molecule has 3 nitrogen and oxygen atoms in total. The Morgan fingerprint density at radius 1 is 1.20 bits per heavy atom. The molecule has 1 aromatic heterocycles. The molecule has 0 saturated carbocycles. The highest BCUT2D eigenvalue weighted by Crippen LogP contribution is 2.36. The average molecular weight is 338 g/mol. The fourth-order valence-electron chi connectivity index (χ4n) is 3.90. The molecule has 1 fully saturated rings. The van der Waals surface area contributed by atoms with Crippen LogP contribution in [0.4, 0.5) is 0 Å². The lowest BCUT2D eigenvalue weighted by atomic mass is 9.82. The van der Waals surface area contributed by atoms with Gasteiger partial charge in [0.15, 0.2) is 0 Å². The molecule has 0 aliphatic carbocycles. The topological polar surface area (TPSA) is 25.4 Å². The Balaban J connectivity index is 1.63. The summed E-state index contributed by atoms with van der Waals surface area (Å²) >= 11 is 0. The van der Waals surface area contributed by atoms with Gasteiger partial charge >= 0.3 is 0 Å². The number of aryl methyl sites for hydroxylation is 2. The fourth-order valence-corrected chi connectivity index (χ4v) is 3.90. The molecular weight excluding hydrogens is 308 g/mol. The molecule has 25 heavy (non-hydrogen) atoms. The molecule has 3 rings (SSSR count). The zero-order valence-corrected chi connectivity index (χ0v) is 15.6. The van der Waals surface area contributed by atoms with Crippen molar-refractivity contribution in [3.63, 3.8) is 0 Å². The van der Waals surface area contributed by atoms with Gasteiger partial charge in [0.1, 0.15) is 0 Å². The summed E-state index contributed by atoms with van der Waals surface area (Å²) in [6, 6.07) is 13.1. The van der Waals surface area contributed by atoms with Gasteiger partial charge in [-0.25, -0.2) is 0 Å². The van der Waals surface area contributed by atoms with Crippen molar-refractivity contribution in [1.82, 2.24) is 9.88 Å². The van der Waals surface area contributed by atoms with Crippen LogP contribution in [0.1, 0.15) is 36.5 Å². The summed E-state index contributed by atoms with van der Waals surface area (Å²) in [5.74, 6) is 0. The predicted octanol–water partition coefficient (Wildman–Crippen LogP) is 4.25. The first-order chi connectivity index (χ1) is 12.2. The Labute approximate surface area is 152 Å². The van der Waals surface area contributed by atoms with Crippen molar-refractivity contribution in [2.75, 3.05) is 26.3 Å². The maximum atomic E-state index is 5.89. The van der Waals surface area contributed by atoms with E-state index < -0.39 is 0 Å². The van der Waals surface area contributed by atoms with E-state index in [9.17, 15) is 0 Å². The summed E-state index contributed by atoms with van der Waals surface area (Å²) in [6.07, 6.45) is 7.37. The molecular formula is C22H30N2O. The Bertz CT molecular complexity index is 658. The SMILES string of the molecule is CCOCC1(CCc2cccc(C)c2)CCN(Cc2cccnc2)C1. The third-order valence-electron chi connectivity index (χ3n) is 5.29. The van der Waals surface area contributed by atoms with Crippen molar-refractivity contribution in [2.24, 2.45) is 5.41 Å². The second-order valence-corrected chi connectivity index (χ2v) is 7.45. The number of benzene rings is 1. The van der Waals surface area contributed by atoms with E-state index in [4.69, 9.17) is 4.74 Å². The van der Waals surface area contributed by atoms with E-state index in [1.54, 1.807) is 0 Å². The molecule has 0 radical (unpaired) electrons. The number of aromatic nitrogens is 1. The number of hydrogen-bond donors (Lipinski definition) is 0. The van der Waals surface area contributed by atoms with Gasteiger partial charge in [0.05, 0.1) is 6.61 Å². The maximum Gasteiger partial charge on any atom is 0.0535 e. The number of rotatable bonds is 8. The molecule has 1 atom stereocenters. The lowest BCUT2D eigenvalue weighted by Crippen LogP contribution is -2.32.